The van der Waals surface area contributed by atoms with Gasteiger partial charge in [0, 0.05) is 25.4 Å². The molecule has 132 valence electrons. The number of piperidine rings is 1. The summed E-state index contributed by atoms with van der Waals surface area (Å²) in [6.07, 6.45) is 1.04. The molecular formula is C16H22ClN3O4. The molecule has 2 atom stereocenters. The van der Waals surface area contributed by atoms with Gasteiger partial charge in [-0.3, -0.25) is 4.79 Å². The molecule has 7 nitrogen and oxygen atoms in total. The van der Waals surface area contributed by atoms with E-state index in [2.05, 4.69) is 10.6 Å². The molecule has 5 N–H and O–H groups in total. The van der Waals surface area contributed by atoms with Gasteiger partial charge in [0.05, 0.1) is 30.6 Å². The lowest BCUT2D eigenvalue weighted by atomic mass is 9.95. The van der Waals surface area contributed by atoms with Crippen LogP contribution in [-0.2, 0) is 0 Å². The zero-order valence-corrected chi connectivity index (χ0v) is 14.1. The Morgan fingerprint density at radius 2 is 2.17 bits per heavy atom. The molecule has 0 bridgehead atoms. The zero-order valence-electron chi connectivity index (χ0n) is 13.3. The number of hydrogen-bond donors (Lipinski definition) is 4. The second kappa shape index (κ2) is 7.46. The molecule has 0 saturated carbocycles. The molecule has 0 radical (unpaired) electrons. The van der Waals surface area contributed by atoms with E-state index in [4.69, 9.17) is 26.8 Å². The summed E-state index contributed by atoms with van der Waals surface area (Å²) in [6, 6.07) is 1.50. The molecule has 2 aliphatic heterocycles. The van der Waals surface area contributed by atoms with Crippen molar-refractivity contribution in [1.82, 2.24) is 10.6 Å². The minimum atomic E-state index is -0.467. The summed E-state index contributed by atoms with van der Waals surface area (Å²) in [7, 11) is 0. The molecule has 0 aromatic heterocycles. The summed E-state index contributed by atoms with van der Waals surface area (Å²) in [6.45, 7) is 2.66. The topological polar surface area (TPSA) is 106 Å². The largest absolute Gasteiger partial charge is 0.489 e. The van der Waals surface area contributed by atoms with Crippen LogP contribution in [0.25, 0.3) is 0 Å². The standard InChI is InChI=1S/C16H22ClN3O4/c17-13-11(18)6-10(14-15(13)24-5-1-4-23-14)16(22)20-7-9-2-3-19-8-12(9)21/h6,9,12,19,21H,1-5,7-8,18H2,(H,20,22)/t9-,12?/m0/s1. The second-order valence-electron chi connectivity index (χ2n) is 6.07. The maximum absolute atomic E-state index is 12.6. The van der Waals surface area contributed by atoms with Crippen LogP contribution in [0.1, 0.15) is 23.2 Å². The first-order valence-electron chi connectivity index (χ1n) is 8.12. The molecule has 2 heterocycles. The van der Waals surface area contributed by atoms with Crippen molar-refractivity contribution in [3.63, 3.8) is 0 Å². The number of carbonyl (C=O) groups is 1. The lowest BCUT2D eigenvalue weighted by Gasteiger charge is -2.28. The fraction of sp³-hybridized carbons (Fsp3) is 0.562. The van der Waals surface area contributed by atoms with Crippen LogP contribution >= 0.6 is 11.6 Å². The number of halogens is 1. The first-order chi connectivity index (χ1) is 11.6. The summed E-state index contributed by atoms with van der Waals surface area (Å²) in [5, 5.41) is 16.2. The Bertz CT molecular complexity index is 626. The van der Waals surface area contributed by atoms with Gasteiger partial charge in [-0.1, -0.05) is 11.6 Å². The van der Waals surface area contributed by atoms with Crippen molar-refractivity contribution in [2.24, 2.45) is 5.92 Å². The number of aliphatic hydroxyl groups excluding tert-OH is 1. The van der Waals surface area contributed by atoms with E-state index < -0.39 is 6.10 Å². The Balaban J connectivity index is 1.78. The quantitative estimate of drug-likeness (QED) is 0.597. The van der Waals surface area contributed by atoms with Crippen LogP contribution in [0.5, 0.6) is 11.5 Å². The molecule has 24 heavy (non-hydrogen) atoms. The minimum Gasteiger partial charge on any atom is -0.489 e. The smallest absolute Gasteiger partial charge is 0.255 e. The number of ether oxygens (including phenoxy) is 2. The van der Waals surface area contributed by atoms with Gasteiger partial charge >= 0.3 is 0 Å². The van der Waals surface area contributed by atoms with Gasteiger partial charge in [0.15, 0.2) is 11.5 Å². The highest BCUT2D eigenvalue weighted by Crippen LogP contribution is 2.43. The SMILES string of the molecule is Nc1cc(C(=O)NC[C@@H]2CCNCC2O)c2c(c1Cl)OCCCO2. The monoisotopic (exact) mass is 355 g/mol. The number of nitrogens with two attached hydrogens (primary N) is 1. The highest BCUT2D eigenvalue weighted by atomic mass is 35.5. The Morgan fingerprint density at radius 3 is 2.92 bits per heavy atom. The minimum absolute atomic E-state index is 0.0237. The van der Waals surface area contributed by atoms with Crippen LogP contribution in [0.4, 0.5) is 5.69 Å². The maximum Gasteiger partial charge on any atom is 0.255 e. The van der Waals surface area contributed by atoms with Crippen LogP contribution in [0.3, 0.4) is 0 Å². The number of amides is 1. The third kappa shape index (κ3) is 3.53. The molecule has 1 aromatic carbocycles. The van der Waals surface area contributed by atoms with Crippen LogP contribution in [0.2, 0.25) is 5.02 Å². The van der Waals surface area contributed by atoms with Gasteiger partial charge in [-0.2, -0.15) is 0 Å². The number of benzene rings is 1. The number of anilines is 1. The van der Waals surface area contributed by atoms with Gasteiger partial charge in [0.1, 0.15) is 5.02 Å². The van der Waals surface area contributed by atoms with Gasteiger partial charge in [-0.05, 0) is 19.0 Å². The Labute approximate surface area is 145 Å². The Morgan fingerprint density at radius 1 is 1.42 bits per heavy atom. The maximum atomic E-state index is 12.6. The lowest BCUT2D eigenvalue weighted by molar-refractivity contribution is 0.0752. The third-order valence-electron chi connectivity index (χ3n) is 4.34. The van der Waals surface area contributed by atoms with Crippen molar-refractivity contribution in [1.29, 1.82) is 0 Å². The van der Waals surface area contributed by atoms with Gasteiger partial charge in [-0.15, -0.1) is 0 Å². The van der Waals surface area contributed by atoms with Crippen molar-refractivity contribution >= 4 is 23.2 Å². The molecule has 1 fully saturated rings. The Kier molecular flexibility index (Phi) is 5.33. The summed E-state index contributed by atoms with van der Waals surface area (Å²) in [5.41, 5.74) is 6.47. The van der Waals surface area contributed by atoms with Crippen molar-refractivity contribution in [2.45, 2.75) is 18.9 Å². The first kappa shape index (κ1) is 17.1. The molecule has 1 amide bonds. The van der Waals surface area contributed by atoms with E-state index in [0.29, 0.717) is 49.8 Å². The molecule has 3 rings (SSSR count). The van der Waals surface area contributed by atoms with Gasteiger partial charge < -0.3 is 30.9 Å². The van der Waals surface area contributed by atoms with Crippen LogP contribution in [0, 0.1) is 5.92 Å². The predicted molar refractivity (Wildman–Crippen MR) is 90.8 cm³/mol. The predicted octanol–water partition coefficient (Wildman–Crippen LogP) is 0.784. The number of rotatable bonds is 3. The van der Waals surface area contributed by atoms with Crippen molar-refractivity contribution < 1.29 is 19.4 Å². The molecule has 1 unspecified atom stereocenters. The van der Waals surface area contributed by atoms with Gasteiger partial charge in [0.25, 0.3) is 5.91 Å². The van der Waals surface area contributed by atoms with Crippen molar-refractivity contribution in [3.8, 4) is 11.5 Å². The van der Waals surface area contributed by atoms with E-state index in [1.54, 1.807) is 0 Å². The molecule has 1 saturated heterocycles. The third-order valence-corrected chi connectivity index (χ3v) is 4.73. The van der Waals surface area contributed by atoms with Crippen molar-refractivity contribution in [3.05, 3.63) is 16.7 Å². The summed E-state index contributed by atoms with van der Waals surface area (Å²) >= 11 is 6.18. The Hall–Kier alpha value is -1.70. The number of carbonyl (C=O) groups excluding carboxylic acids is 1. The zero-order chi connectivity index (χ0) is 17.1. The average molecular weight is 356 g/mol. The highest BCUT2D eigenvalue weighted by molar-refractivity contribution is 6.35. The van der Waals surface area contributed by atoms with E-state index in [0.717, 1.165) is 13.0 Å². The van der Waals surface area contributed by atoms with E-state index >= 15 is 0 Å². The van der Waals surface area contributed by atoms with Crippen LogP contribution < -0.4 is 25.8 Å². The van der Waals surface area contributed by atoms with E-state index in [9.17, 15) is 9.90 Å². The van der Waals surface area contributed by atoms with E-state index in [1.807, 2.05) is 0 Å². The number of nitrogens with one attached hydrogen (secondary N) is 2. The number of hydrogen-bond acceptors (Lipinski definition) is 6. The number of β-amino-alcohol motifs (C(OH)–C–C–N with tert-alkyl or cyclic N) is 1. The molecule has 8 heteroatoms. The van der Waals surface area contributed by atoms with Gasteiger partial charge in [-0.25, -0.2) is 0 Å². The summed E-state index contributed by atoms with van der Waals surface area (Å²) in [5.74, 6) is 0.359. The summed E-state index contributed by atoms with van der Waals surface area (Å²) in [4.78, 5) is 12.6. The normalized spacial score (nSPS) is 23.4. The lowest BCUT2D eigenvalue weighted by Crippen LogP contribution is -2.45. The molecule has 1 aromatic rings. The van der Waals surface area contributed by atoms with Crippen molar-refractivity contribution in [2.75, 3.05) is 38.6 Å². The summed E-state index contributed by atoms with van der Waals surface area (Å²) < 4.78 is 11.3. The molecule has 0 spiro atoms. The van der Waals surface area contributed by atoms with E-state index in [1.165, 1.54) is 6.07 Å². The molecule has 2 aliphatic rings. The number of nitrogen functional groups attached to an aromatic ring is 1. The second-order valence-corrected chi connectivity index (χ2v) is 6.44. The number of fused-ring (bicyclic) bond motifs is 1. The van der Waals surface area contributed by atoms with Crippen LogP contribution in [0.15, 0.2) is 6.07 Å². The molecule has 0 aliphatic carbocycles. The first-order valence-corrected chi connectivity index (χ1v) is 8.50. The average Bonchev–Trinajstić information content (AvgIpc) is 2.83. The van der Waals surface area contributed by atoms with Crippen LogP contribution in [-0.4, -0.2) is 50.0 Å². The fourth-order valence-electron chi connectivity index (χ4n) is 2.94. The fourth-order valence-corrected chi connectivity index (χ4v) is 3.13. The molecular weight excluding hydrogens is 334 g/mol. The highest BCUT2D eigenvalue weighted by Gasteiger charge is 2.27. The van der Waals surface area contributed by atoms with Gasteiger partial charge in [0.2, 0.25) is 0 Å². The number of aliphatic hydroxyl groups is 1. The van der Waals surface area contributed by atoms with E-state index in [-0.39, 0.29) is 22.5 Å².